The molecule has 8 heteroatoms. The molecule has 0 saturated heterocycles. The zero-order valence-electron chi connectivity index (χ0n) is 10.8. The van der Waals surface area contributed by atoms with Crippen LogP contribution in [0.15, 0.2) is 0 Å². The van der Waals surface area contributed by atoms with E-state index < -0.39 is 23.5 Å². The standard InChI is InChI=1S/C11H16F5N3/c1-3-4-5-6-7-19-9(8(2)17-18-19)10(12,13)11(14,15)16/h3-7H2,1-2H3. The van der Waals surface area contributed by atoms with Gasteiger partial charge in [0, 0.05) is 6.54 Å². The fourth-order valence-corrected chi connectivity index (χ4v) is 1.77. The van der Waals surface area contributed by atoms with Gasteiger partial charge in [-0.3, -0.25) is 0 Å². The third kappa shape index (κ3) is 3.42. The number of unbranched alkanes of at least 4 members (excludes halogenated alkanes) is 3. The molecule has 1 aromatic rings. The average molecular weight is 285 g/mol. The van der Waals surface area contributed by atoms with Gasteiger partial charge in [0.05, 0.1) is 5.69 Å². The topological polar surface area (TPSA) is 30.7 Å². The van der Waals surface area contributed by atoms with E-state index in [4.69, 9.17) is 0 Å². The van der Waals surface area contributed by atoms with Crippen molar-refractivity contribution in [3.8, 4) is 0 Å². The van der Waals surface area contributed by atoms with Crippen LogP contribution in [0, 0.1) is 6.92 Å². The van der Waals surface area contributed by atoms with E-state index in [-0.39, 0.29) is 6.54 Å². The van der Waals surface area contributed by atoms with Crippen LogP contribution in [0.1, 0.15) is 44.0 Å². The molecule has 0 bridgehead atoms. The van der Waals surface area contributed by atoms with Gasteiger partial charge in [0.1, 0.15) is 5.69 Å². The van der Waals surface area contributed by atoms with Crippen molar-refractivity contribution in [2.45, 2.75) is 58.2 Å². The Morgan fingerprint density at radius 1 is 1.05 bits per heavy atom. The Kier molecular flexibility index (Phi) is 4.86. The van der Waals surface area contributed by atoms with Gasteiger partial charge < -0.3 is 0 Å². The molecule has 1 rings (SSSR count). The molecule has 3 nitrogen and oxygen atoms in total. The van der Waals surface area contributed by atoms with Crippen LogP contribution in [0.25, 0.3) is 0 Å². The minimum Gasteiger partial charge on any atom is -0.243 e. The van der Waals surface area contributed by atoms with Crippen molar-refractivity contribution in [1.29, 1.82) is 0 Å². The summed E-state index contributed by atoms with van der Waals surface area (Å²) >= 11 is 0. The first kappa shape index (κ1) is 15.8. The number of hydrogen-bond donors (Lipinski definition) is 0. The molecule has 1 aromatic heterocycles. The van der Waals surface area contributed by atoms with E-state index in [0.717, 1.165) is 26.2 Å². The van der Waals surface area contributed by atoms with Crippen LogP contribution in [0.3, 0.4) is 0 Å². The zero-order valence-corrected chi connectivity index (χ0v) is 10.8. The Balaban J connectivity index is 2.92. The van der Waals surface area contributed by atoms with E-state index in [1.807, 2.05) is 6.92 Å². The fraction of sp³-hybridized carbons (Fsp3) is 0.818. The molecule has 0 saturated carbocycles. The van der Waals surface area contributed by atoms with Crippen LogP contribution in [-0.4, -0.2) is 21.2 Å². The predicted molar refractivity (Wildman–Crippen MR) is 58.9 cm³/mol. The molecule has 0 amide bonds. The van der Waals surface area contributed by atoms with Crippen LogP contribution in [-0.2, 0) is 12.5 Å². The first-order chi connectivity index (χ1) is 8.71. The lowest BCUT2D eigenvalue weighted by atomic mass is 10.1. The summed E-state index contributed by atoms with van der Waals surface area (Å²) in [6.45, 7) is 3.09. The highest BCUT2D eigenvalue weighted by Gasteiger charge is 2.61. The second-order valence-electron chi connectivity index (χ2n) is 4.38. The highest BCUT2D eigenvalue weighted by molar-refractivity contribution is 5.16. The summed E-state index contributed by atoms with van der Waals surface area (Å²) in [6, 6.07) is 0. The first-order valence-corrected chi connectivity index (χ1v) is 6.07. The molecular formula is C11H16F5N3. The molecule has 0 fully saturated rings. The summed E-state index contributed by atoms with van der Waals surface area (Å²) in [5, 5.41) is 6.71. The fourth-order valence-electron chi connectivity index (χ4n) is 1.77. The Hall–Kier alpha value is -1.21. The van der Waals surface area contributed by atoms with E-state index in [1.165, 1.54) is 0 Å². The van der Waals surface area contributed by atoms with E-state index in [2.05, 4.69) is 10.3 Å². The second kappa shape index (κ2) is 5.83. The van der Waals surface area contributed by atoms with Crippen LogP contribution < -0.4 is 0 Å². The van der Waals surface area contributed by atoms with Gasteiger partial charge >= 0.3 is 12.1 Å². The monoisotopic (exact) mass is 285 g/mol. The third-order valence-electron chi connectivity index (χ3n) is 2.78. The number of aryl methyl sites for hydroxylation is 2. The minimum absolute atomic E-state index is 0.0157. The lowest BCUT2D eigenvalue weighted by molar-refractivity contribution is -0.292. The second-order valence-corrected chi connectivity index (χ2v) is 4.38. The van der Waals surface area contributed by atoms with Gasteiger partial charge in [-0.05, 0) is 13.3 Å². The van der Waals surface area contributed by atoms with E-state index in [1.54, 1.807) is 0 Å². The smallest absolute Gasteiger partial charge is 0.243 e. The van der Waals surface area contributed by atoms with Crippen molar-refractivity contribution >= 4 is 0 Å². The van der Waals surface area contributed by atoms with Gasteiger partial charge in [-0.1, -0.05) is 31.4 Å². The predicted octanol–water partition coefficient (Wildman–Crippen LogP) is 3.82. The molecule has 0 aliphatic rings. The molecule has 0 aliphatic carbocycles. The van der Waals surface area contributed by atoms with Gasteiger partial charge in [0.2, 0.25) is 0 Å². The lowest BCUT2D eigenvalue weighted by Gasteiger charge is -2.20. The molecule has 0 atom stereocenters. The number of nitrogens with zero attached hydrogens (tertiary/aromatic N) is 3. The Morgan fingerprint density at radius 2 is 1.68 bits per heavy atom. The van der Waals surface area contributed by atoms with E-state index in [0.29, 0.717) is 11.1 Å². The van der Waals surface area contributed by atoms with E-state index in [9.17, 15) is 22.0 Å². The Morgan fingerprint density at radius 3 is 2.21 bits per heavy atom. The van der Waals surface area contributed by atoms with Gasteiger partial charge in [-0.2, -0.15) is 22.0 Å². The highest BCUT2D eigenvalue weighted by atomic mass is 19.4. The van der Waals surface area contributed by atoms with E-state index >= 15 is 0 Å². The van der Waals surface area contributed by atoms with Crippen molar-refractivity contribution in [3.05, 3.63) is 11.4 Å². The summed E-state index contributed by atoms with van der Waals surface area (Å²) in [5.74, 6) is -4.93. The molecule has 0 radical (unpaired) electrons. The molecule has 0 spiro atoms. The molecule has 0 aliphatic heterocycles. The largest absolute Gasteiger partial charge is 0.459 e. The maximum absolute atomic E-state index is 13.4. The van der Waals surface area contributed by atoms with Crippen LogP contribution in [0.2, 0.25) is 0 Å². The van der Waals surface area contributed by atoms with Crippen molar-refractivity contribution in [1.82, 2.24) is 15.0 Å². The molecule has 0 unspecified atom stereocenters. The maximum atomic E-state index is 13.4. The molecule has 0 N–H and O–H groups in total. The first-order valence-electron chi connectivity index (χ1n) is 6.07. The number of hydrogen-bond acceptors (Lipinski definition) is 2. The lowest BCUT2D eigenvalue weighted by Crippen LogP contribution is -2.36. The number of halogens is 5. The summed E-state index contributed by atoms with van der Waals surface area (Å²) in [4.78, 5) is 0. The maximum Gasteiger partial charge on any atom is 0.459 e. The van der Waals surface area contributed by atoms with Gasteiger partial charge in [-0.25, -0.2) is 4.68 Å². The molecule has 0 aromatic carbocycles. The quantitative estimate of drug-likeness (QED) is 0.587. The normalized spacial score (nSPS) is 13.0. The van der Waals surface area contributed by atoms with Gasteiger partial charge in [-0.15, -0.1) is 5.10 Å². The van der Waals surface area contributed by atoms with Crippen molar-refractivity contribution < 1.29 is 22.0 Å². The van der Waals surface area contributed by atoms with Gasteiger partial charge in [0.25, 0.3) is 0 Å². The molecular weight excluding hydrogens is 269 g/mol. The molecule has 110 valence electrons. The Labute approximate surface area is 107 Å². The summed E-state index contributed by atoms with van der Waals surface area (Å²) in [6.07, 6.45) is -2.54. The average Bonchev–Trinajstić information content (AvgIpc) is 2.65. The highest BCUT2D eigenvalue weighted by Crippen LogP contribution is 2.44. The molecule has 1 heterocycles. The zero-order chi connectivity index (χ0) is 14.7. The number of aromatic nitrogens is 3. The number of alkyl halides is 5. The summed E-state index contributed by atoms with van der Waals surface area (Å²) < 4.78 is 64.5. The van der Waals surface area contributed by atoms with Crippen molar-refractivity contribution in [2.24, 2.45) is 0 Å². The SMILES string of the molecule is CCCCCCn1nnc(C)c1C(F)(F)C(F)(F)F. The van der Waals surface area contributed by atoms with Crippen LogP contribution in [0.5, 0.6) is 0 Å². The number of rotatable bonds is 6. The van der Waals surface area contributed by atoms with Crippen molar-refractivity contribution in [3.63, 3.8) is 0 Å². The summed E-state index contributed by atoms with van der Waals surface area (Å²) in [5.41, 5.74) is -1.55. The van der Waals surface area contributed by atoms with Gasteiger partial charge in [0.15, 0.2) is 0 Å². The Bertz CT molecular complexity index is 411. The minimum atomic E-state index is -5.64. The third-order valence-corrected chi connectivity index (χ3v) is 2.78. The summed E-state index contributed by atoms with van der Waals surface area (Å²) in [7, 11) is 0. The van der Waals surface area contributed by atoms with Crippen LogP contribution in [0.4, 0.5) is 22.0 Å². The molecule has 19 heavy (non-hydrogen) atoms. The van der Waals surface area contributed by atoms with Crippen molar-refractivity contribution in [2.75, 3.05) is 0 Å². The van der Waals surface area contributed by atoms with Crippen LogP contribution >= 0.6 is 0 Å².